The van der Waals surface area contributed by atoms with E-state index in [9.17, 15) is 0 Å². The highest BCUT2D eigenvalue weighted by Gasteiger charge is 2.17. The number of benzene rings is 3. The number of anilines is 1. The van der Waals surface area contributed by atoms with E-state index in [1.807, 2.05) is 36.4 Å². The zero-order valence-electron chi connectivity index (χ0n) is 16.4. The Labute approximate surface area is 163 Å². The minimum Gasteiger partial charge on any atom is -0.326 e. The Bertz CT molecular complexity index is 860. The minimum absolute atomic E-state index is 0.125. The summed E-state index contributed by atoms with van der Waals surface area (Å²) in [6.45, 7) is 7.44. The zero-order chi connectivity index (χ0) is 19.3. The molecule has 1 N–H and O–H groups in total. The van der Waals surface area contributed by atoms with Crippen LogP contribution in [0.3, 0.4) is 0 Å². The van der Waals surface area contributed by atoms with Gasteiger partial charge >= 0.3 is 0 Å². The normalized spacial score (nSPS) is 11.2. The second-order valence-electron chi connectivity index (χ2n) is 7.90. The van der Waals surface area contributed by atoms with Crippen molar-refractivity contribution >= 4 is 11.5 Å². The van der Waals surface area contributed by atoms with E-state index in [4.69, 9.17) is 5.41 Å². The maximum atomic E-state index is 8.79. The molecule has 3 aromatic carbocycles. The highest BCUT2D eigenvalue weighted by Crippen LogP contribution is 2.26. The molecule has 0 bridgehead atoms. The zero-order valence-corrected chi connectivity index (χ0v) is 16.4. The Morgan fingerprint density at radius 2 is 1.33 bits per heavy atom. The third-order valence-corrected chi connectivity index (χ3v) is 4.83. The van der Waals surface area contributed by atoms with Crippen molar-refractivity contribution in [3.05, 3.63) is 102 Å². The molecule has 0 spiro atoms. The Morgan fingerprint density at radius 1 is 0.778 bits per heavy atom. The summed E-state index contributed by atoms with van der Waals surface area (Å²) in [6.07, 6.45) is 0.900. The molecular formula is C25H28N2. The van der Waals surface area contributed by atoms with Crippen molar-refractivity contribution < 1.29 is 0 Å². The standard InChI is InChI=1S/C25H28N2/c1-25(2,3)22-14-16-23(17-15-22)27(19-18-20-10-6-4-7-11-20)24(26)21-12-8-5-9-13-21/h4-17,26H,18-19H2,1-3H3. The molecule has 0 saturated heterocycles. The molecule has 0 radical (unpaired) electrons. The molecule has 3 rings (SSSR count). The second-order valence-corrected chi connectivity index (χ2v) is 7.90. The fourth-order valence-corrected chi connectivity index (χ4v) is 3.15. The van der Waals surface area contributed by atoms with Crippen LogP contribution in [0.25, 0.3) is 0 Å². The molecule has 0 heterocycles. The van der Waals surface area contributed by atoms with Gasteiger partial charge in [-0.25, -0.2) is 0 Å². The summed E-state index contributed by atoms with van der Waals surface area (Å²) < 4.78 is 0. The average Bonchev–Trinajstić information content (AvgIpc) is 2.69. The minimum atomic E-state index is 0.125. The maximum absolute atomic E-state index is 8.79. The average molecular weight is 357 g/mol. The quantitative estimate of drug-likeness (QED) is 0.437. The van der Waals surface area contributed by atoms with Crippen LogP contribution in [-0.4, -0.2) is 12.4 Å². The highest BCUT2D eigenvalue weighted by molar-refractivity contribution is 6.07. The van der Waals surface area contributed by atoms with Crippen LogP contribution < -0.4 is 4.90 Å². The fraction of sp³-hybridized carbons (Fsp3) is 0.240. The molecule has 0 saturated carbocycles. The monoisotopic (exact) mass is 356 g/mol. The van der Waals surface area contributed by atoms with Crippen LogP contribution in [0.4, 0.5) is 5.69 Å². The number of hydrogen-bond donors (Lipinski definition) is 1. The van der Waals surface area contributed by atoms with Crippen molar-refractivity contribution in [1.29, 1.82) is 5.41 Å². The van der Waals surface area contributed by atoms with Gasteiger partial charge in [-0.1, -0.05) is 93.6 Å². The van der Waals surface area contributed by atoms with Gasteiger partial charge in [-0.05, 0) is 35.1 Å². The van der Waals surface area contributed by atoms with Crippen molar-refractivity contribution in [2.75, 3.05) is 11.4 Å². The molecule has 2 heteroatoms. The van der Waals surface area contributed by atoms with Gasteiger partial charge in [0.15, 0.2) is 0 Å². The van der Waals surface area contributed by atoms with Gasteiger partial charge in [-0.2, -0.15) is 0 Å². The topological polar surface area (TPSA) is 27.1 Å². The Morgan fingerprint density at radius 3 is 1.89 bits per heavy atom. The van der Waals surface area contributed by atoms with E-state index in [0.29, 0.717) is 5.84 Å². The van der Waals surface area contributed by atoms with Gasteiger partial charge in [-0.15, -0.1) is 0 Å². The summed E-state index contributed by atoms with van der Waals surface area (Å²) >= 11 is 0. The van der Waals surface area contributed by atoms with Gasteiger partial charge in [0.05, 0.1) is 0 Å². The summed E-state index contributed by atoms with van der Waals surface area (Å²) in [6, 6.07) is 29.1. The fourth-order valence-electron chi connectivity index (χ4n) is 3.15. The predicted octanol–water partition coefficient (Wildman–Crippen LogP) is 6.06. The molecule has 0 aliphatic heterocycles. The number of nitrogens with one attached hydrogen (secondary N) is 1. The van der Waals surface area contributed by atoms with Crippen LogP contribution in [0, 0.1) is 5.41 Å². The lowest BCUT2D eigenvalue weighted by atomic mass is 9.87. The van der Waals surface area contributed by atoms with Gasteiger partial charge in [0.1, 0.15) is 5.84 Å². The molecule has 0 aromatic heterocycles. The summed E-state index contributed by atoms with van der Waals surface area (Å²) in [7, 11) is 0. The molecule has 0 aliphatic carbocycles. The maximum Gasteiger partial charge on any atom is 0.132 e. The van der Waals surface area contributed by atoms with Crippen LogP contribution >= 0.6 is 0 Å². The van der Waals surface area contributed by atoms with Crippen LogP contribution in [0.15, 0.2) is 84.9 Å². The van der Waals surface area contributed by atoms with E-state index in [-0.39, 0.29) is 5.41 Å². The Balaban J connectivity index is 1.88. The van der Waals surface area contributed by atoms with E-state index in [0.717, 1.165) is 24.2 Å². The SMILES string of the molecule is CC(C)(C)c1ccc(N(CCc2ccccc2)C(=N)c2ccccc2)cc1. The number of nitrogens with zero attached hydrogens (tertiary/aromatic N) is 1. The Kier molecular flexibility index (Phi) is 5.75. The first-order valence-corrected chi connectivity index (χ1v) is 9.51. The smallest absolute Gasteiger partial charge is 0.132 e. The Hall–Kier alpha value is -2.87. The van der Waals surface area contributed by atoms with E-state index < -0.39 is 0 Å². The molecule has 138 valence electrons. The molecule has 0 fully saturated rings. The number of hydrogen-bond acceptors (Lipinski definition) is 1. The van der Waals surface area contributed by atoms with Gasteiger partial charge in [0, 0.05) is 17.8 Å². The first-order valence-electron chi connectivity index (χ1n) is 9.51. The molecule has 3 aromatic rings. The lowest BCUT2D eigenvalue weighted by molar-refractivity contribution is 0.590. The van der Waals surface area contributed by atoms with Crippen molar-refractivity contribution in [1.82, 2.24) is 0 Å². The summed E-state index contributed by atoms with van der Waals surface area (Å²) in [4.78, 5) is 2.11. The molecule has 2 nitrogen and oxygen atoms in total. The van der Waals surface area contributed by atoms with Gasteiger partial charge in [0.25, 0.3) is 0 Å². The summed E-state index contributed by atoms with van der Waals surface area (Å²) in [5.41, 5.74) is 4.72. The molecule has 0 unspecified atom stereocenters. The first kappa shape index (κ1) is 18.9. The van der Waals surface area contributed by atoms with Gasteiger partial charge in [0.2, 0.25) is 0 Å². The third-order valence-electron chi connectivity index (χ3n) is 4.83. The number of amidine groups is 1. The molecule has 27 heavy (non-hydrogen) atoms. The van der Waals surface area contributed by atoms with Crippen molar-refractivity contribution in [3.8, 4) is 0 Å². The van der Waals surface area contributed by atoms with Crippen LogP contribution in [0.2, 0.25) is 0 Å². The second kappa shape index (κ2) is 8.22. The molecule has 0 atom stereocenters. The lowest BCUT2D eigenvalue weighted by Crippen LogP contribution is -2.33. The first-order chi connectivity index (χ1) is 12.9. The molecule has 0 aliphatic rings. The van der Waals surface area contributed by atoms with Crippen LogP contribution in [-0.2, 0) is 11.8 Å². The van der Waals surface area contributed by atoms with E-state index in [1.54, 1.807) is 0 Å². The summed E-state index contributed by atoms with van der Waals surface area (Å²) in [5, 5.41) is 8.79. The van der Waals surface area contributed by atoms with E-state index in [1.165, 1.54) is 11.1 Å². The van der Waals surface area contributed by atoms with E-state index >= 15 is 0 Å². The van der Waals surface area contributed by atoms with Crippen molar-refractivity contribution in [2.45, 2.75) is 32.6 Å². The molecule has 0 amide bonds. The van der Waals surface area contributed by atoms with E-state index in [2.05, 4.69) is 74.2 Å². The predicted molar refractivity (Wildman–Crippen MR) is 116 cm³/mol. The lowest BCUT2D eigenvalue weighted by Gasteiger charge is -2.27. The van der Waals surface area contributed by atoms with Crippen LogP contribution in [0.5, 0.6) is 0 Å². The van der Waals surface area contributed by atoms with Crippen molar-refractivity contribution in [2.24, 2.45) is 0 Å². The highest BCUT2D eigenvalue weighted by atomic mass is 15.2. The third kappa shape index (κ3) is 4.85. The van der Waals surface area contributed by atoms with Gasteiger partial charge < -0.3 is 4.90 Å². The summed E-state index contributed by atoms with van der Waals surface area (Å²) in [5.74, 6) is 0.537. The largest absolute Gasteiger partial charge is 0.326 e. The van der Waals surface area contributed by atoms with Crippen molar-refractivity contribution in [3.63, 3.8) is 0 Å². The molecular weight excluding hydrogens is 328 g/mol. The van der Waals surface area contributed by atoms with Crippen LogP contribution in [0.1, 0.15) is 37.5 Å². The van der Waals surface area contributed by atoms with Gasteiger partial charge in [-0.3, -0.25) is 5.41 Å². The number of rotatable bonds is 5.